The van der Waals surface area contributed by atoms with E-state index in [-0.39, 0.29) is 5.97 Å². The van der Waals surface area contributed by atoms with Gasteiger partial charge in [0, 0.05) is 12.0 Å². The molecule has 0 aromatic rings. The molecule has 0 radical (unpaired) electrons. The van der Waals surface area contributed by atoms with E-state index in [2.05, 4.69) is 0 Å². The van der Waals surface area contributed by atoms with E-state index in [1.54, 1.807) is 6.08 Å². The van der Waals surface area contributed by atoms with Gasteiger partial charge in [-0.15, -0.1) is 11.6 Å². The largest absolute Gasteiger partial charge is 0.457 e. The molecule has 0 N–H and O–H groups in total. The summed E-state index contributed by atoms with van der Waals surface area (Å²) in [6.45, 7) is 5.46. The Morgan fingerprint density at radius 2 is 2.09 bits per heavy atom. The zero-order chi connectivity index (χ0) is 8.91. The second-order valence-corrected chi connectivity index (χ2v) is 3.40. The smallest absolute Gasteiger partial charge is 0.330 e. The lowest BCUT2D eigenvalue weighted by atomic mass is 10.2. The van der Waals surface area contributed by atoms with Crippen molar-refractivity contribution in [3.05, 3.63) is 12.2 Å². The Kier molecular flexibility index (Phi) is 4.19. The number of hydrogen-bond acceptors (Lipinski definition) is 2. The quantitative estimate of drug-likeness (QED) is 0.366. The maximum Gasteiger partial charge on any atom is 0.330 e. The summed E-state index contributed by atoms with van der Waals surface area (Å²) in [6, 6.07) is 0. The van der Waals surface area contributed by atoms with Crippen LogP contribution in [0.3, 0.4) is 0 Å². The summed E-state index contributed by atoms with van der Waals surface area (Å²) in [5.41, 5.74) is -0.423. The maximum atomic E-state index is 10.8. The van der Waals surface area contributed by atoms with Gasteiger partial charge in [0.15, 0.2) is 0 Å². The Bertz CT molecular complexity index is 156. The van der Waals surface area contributed by atoms with Crippen molar-refractivity contribution in [1.82, 2.24) is 0 Å². The molecule has 0 heterocycles. The number of carbonyl (C=O) groups excluding carboxylic acids is 1. The number of hydrogen-bond donors (Lipinski definition) is 0. The molecule has 0 aliphatic rings. The van der Waals surface area contributed by atoms with E-state index in [9.17, 15) is 4.79 Å². The van der Waals surface area contributed by atoms with Crippen LogP contribution in [0.2, 0.25) is 0 Å². The van der Waals surface area contributed by atoms with Crippen LogP contribution in [0.4, 0.5) is 0 Å². The molecule has 0 aliphatic heterocycles. The highest BCUT2D eigenvalue weighted by molar-refractivity contribution is 6.19. The van der Waals surface area contributed by atoms with Gasteiger partial charge >= 0.3 is 5.97 Å². The fraction of sp³-hybridized carbons (Fsp3) is 0.625. The van der Waals surface area contributed by atoms with Gasteiger partial charge in [0.25, 0.3) is 0 Å². The molecule has 0 fully saturated rings. The molecule has 0 amide bonds. The van der Waals surface area contributed by atoms with Gasteiger partial charge in [-0.25, -0.2) is 4.79 Å². The van der Waals surface area contributed by atoms with Crippen molar-refractivity contribution >= 4 is 17.6 Å². The fourth-order valence-corrected chi connectivity index (χ4v) is 0.566. The number of allylic oxidation sites excluding steroid dienone is 1. The molecule has 64 valence electrons. The molecule has 0 atom stereocenters. The summed E-state index contributed by atoms with van der Waals surface area (Å²) in [6.07, 6.45) is 2.88. The average Bonchev–Trinajstić information content (AvgIpc) is 1.79. The highest BCUT2D eigenvalue weighted by Crippen LogP contribution is 2.06. The number of ether oxygens (including phenoxy) is 1. The zero-order valence-corrected chi connectivity index (χ0v) is 7.81. The topological polar surface area (TPSA) is 26.3 Å². The van der Waals surface area contributed by atoms with Crippen LogP contribution in [-0.4, -0.2) is 17.5 Å². The molecule has 0 aromatic carbocycles. The standard InChI is InChI=1S/C8H13ClO2/c1-8(2,3)11-7(10)5-4-6-9/h4-5H,6H2,1-3H3. The highest BCUT2D eigenvalue weighted by atomic mass is 35.5. The normalized spacial score (nSPS) is 12.0. The van der Waals surface area contributed by atoms with E-state index in [4.69, 9.17) is 16.3 Å². The van der Waals surface area contributed by atoms with Gasteiger partial charge in [0.1, 0.15) is 5.60 Å². The lowest BCUT2D eigenvalue weighted by molar-refractivity contribution is -0.148. The van der Waals surface area contributed by atoms with Gasteiger partial charge in [-0.2, -0.15) is 0 Å². The third kappa shape index (κ3) is 7.40. The predicted molar refractivity (Wildman–Crippen MR) is 45.7 cm³/mol. The molecule has 0 saturated heterocycles. The summed E-state index contributed by atoms with van der Waals surface area (Å²) in [4.78, 5) is 10.8. The zero-order valence-electron chi connectivity index (χ0n) is 7.06. The van der Waals surface area contributed by atoms with Crippen molar-refractivity contribution in [1.29, 1.82) is 0 Å². The van der Waals surface area contributed by atoms with Gasteiger partial charge in [-0.1, -0.05) is 6.08 Å². The Morgan fingerprint density at radius 3 is 2.45 bits per heavy atom. The van der Waals surface area contributed by atoms with Crippen molar-refractivity contribution in [2.45, 2.75) is 26.4 Å². The summed E-state index contributed by atoms with van der Waals surface area (Å²) in [7, 11) is 0. The molecule has 0 unspecified atom stereocenters. The van der Waals surface area contributed by atoms with Gasteiger partial charge in [0.2, 0.25) is 0 Å². The molecule has 0 aromatic heterocycles. The van der Waals surface area contributed by atoms with Crippen LogP contribution in [0.15, 0.2) is 12.2 Å². The molecular formula is C8H13ClO2. The van der Waals surface area contributed by atoms with Crippen molar-refractivity contribution in [3.8, 4) is 0 Å². The van der Waals surface area contributed by atoms with Crippen molar-refractivity contribution in [3.63, 3.8) is 0 Å². The van der Waals surface area contributed by atoms with E-state index in [0.29, 0.717) is 5.88 Å². The van der Waals surface area contributed by atoms with Crippen molar-refractivity contribution < 1.29 is 9.53 Å². The van der Waals surface area contributed by atoms with Crippen LogP contribution < -0.4 is 0 Å². The van der Waals surface area contributed by atoms with Crippen LogP contribution in [0, 0.1) is 0 Å². The highest BCUT2D eigenvalue weighted by Gasteiger charge is 2.13. The number of halogens is 1. The van der Waals surface area contributed by atoms with Crippen LogP contribution in [0.25, 0.3) is 0 Å². The summed E-state index contributed by atoms with van der Waals surface area (Å²) in [5.74, 6) is -0.0164. The van der Waals surface area contributed by atoms with Gasteiger partial charge in [0.05, 0.1) is 0 Å². The van der Waals surface area contributed by atoms with E-state index < -0.39 is 5.60 Å². The first-order chi connectivity index (χ1) is 4.95. The second kappa shape index (κ2) is 4.39. The van der Waals surface area contributed by atoms with Crippen LogP contribution >= 0.6 is 11.6 Å². The second-order valence-electron chi connectivity index (χ2n) is 3.09. The number of rotatable bonds is 2. The van der Waals surface area contributed by atoms with E-state index in [1.165, 1.54) is 6.08 Å². The first kappa shape index (κ1) is 10.5. The summed E-state index contributed by atoms with van der Waals surface area (Å²) < 4.78 is 4.96. The minimum Gasteiger partial charge on any atom is -0.457 e. The molecule has 0 saturated carbocycles. The first-order valence-electron chi connectivity index (χ1n) is 3.41. The molecule has 2 nitrogen and oxygen atoms in total. The average molecular weight is 177 g/mol. The summed E-state index contributed by atoms with van der Waals surface area (Å²) in [5, 5.41) is 0. The van der Waals surface area contributed by atoms with E-state index in [1.807, 2.05) is 20.8 Å². The molecular weight excluding hydrogens is 164 g/mol. The molecule has 3 heteroatoms. The third-order valence-corrected chi connectivity index (χ3v) is 0.928. The Balaban J connectivity index is 3.80. The number of esters is 1. The summed E-state index contributed by atoms with van der Waals surface area (Å²) >= 11 is 5.32. The Hall–Kier alpha value is -0.500. The predicted octanol–water partition coefficient (Wildman–Crippen LogP) is 2.12. The van der Waals surface area contributed by atoms with Crippen molar-refractivity contribution in [2.75, 3.05) is 5.88 Å². The first-order valence-corrected chi connectivity index (χ1v) is 3.94. The van der Waals surface area contributed by atoms with Crippen molar-refractivity contribution in [2.24, 2.45) is 0 Å². The molecule has 11 heavy (non-hydrogen) atoms. The van der Waals surface area contributed by atoms with Crippen LogP contribution in [0.1, 0.15) is 20.8 Å². The maximum absolute atomic E-state index is 10.8. The van der Waals surface area contributed by atoms with Gasteiger partial charge < -0.3 is 4.74 Å². The number of alkyl halides is 1. The van der Waals surface area contributed by atoms with Crippen LogP contribution in [0.5, 0.6) is 0 Å². The minimum absolute atomic E-state index is 0.333. The minimum atomic E-state index is -0.423. The third-order valence-electron chi connectivity index (χ3n) is 0.750. The van der Waals surface area contributed by atoms with E-state index >= 15 is 0 Å². The van der Waals surface area contributed by atoms with E-state index in [0.717, 1.165) is 0 Å². The molecule has 0 spiro atoms. The van der Waals surface area contributed by atoms with Gasteiger partial charge in [-0.3, -0.25) is 0 Å². The SMILES string of the molecule is CC(C)(C)OC(=O)C=CCCl. The molecule has 0 rings (SSSR count). The van der Waals surface area contributed by atoms with Gasteiger partial charge in [-0.05, 0) is 20.8 Å². The van der Waals surface area contributed by atoms with Crippen LogP contribution in [-0.2, 0) is 9.53 Å². The molecule has 0 aliphatic carbocycles. The monoisotopic (exact) mass is 176 g/mol. The Morgan fingerprint density at radius 1 is 1.55 bits per heavy atom. The number of carbonyl (C=O) groups is 1. The lowest BCUT2D eigenvalue weighted by Gasteiger charge is -2.17. The molecule has 0 bridgehead atoms. The fourth-order valence-electron chi connectivity index (χ4n) is 0.477. The lowest BCUT2D eigenvalue weighted by Crippen LogP contribution is -2.22. The Labute approximate surface area is 72.2 Å².